The van der Waals surface area contributed by atoms with E-state index < -0.39 is 0 Å². The van der Waals surface area contributed by atoms with Crippen molar-refractivity contribution in [3.8, 4) is 0 Å². The molecule has 0 saturated heterocycles. The fraction of sp³-hybridized carbons (Fsp3) is 0.263. The zero-order valence-corrected chi connectivity index (χ0v) is 13.7. The number of nitrogens with one attached hydrogen (secondary N) is 2. The number of hydrogen-bond donors (Lipinski definition) is 2. The van der Waals surface area contributed by atoms with Crippen molar-refractivity contribution < 1.29 is 9.59 Å². The van der Waals surface area contributed by atoms with E-state index in [4.69, 9.17) is 0 Å². The predicted molar refractivity (Wildman–Crippen MR) is 96.4 cm³/mol. The largest absolute Gasteiger partial charge is 0.384 e. The molecule has 0 bridgehead atoms. The lowest BCUT2D eigenvalue weighted by Gasteiger charge is -2.17. The lowest BCUT2D eigenvalue weighted by Crippen LogP contribution is -2.30. The van der Waals surface area contributed by atoms with Gasteiger partial charge in [-0.05, 0) is 36.2 Å². The van der Waals surface area contributed by atoms with Gasteiger partial charge in [0.2, 0.25) is 11.8 Å². The second-order valence-electron chi connectivity index (χ2n) is 5.86. The Balaban J connectivity index is 1.54. The minimum absolute atomic E-state index is 0.102. The summed E-state index contributed by atoms with van der Waals surface area (Å²) in [6.45, 7) is 2.80. The number of carbonyl (C=O) groups is 2. The summed E-state index contributed by atoms with van der Waals surface area (Å²) < 4.78 is 0. The molecule has 5 nitrogen and oxygen atoms in total. The number of anilines is 3. The highest BCUT2D eigenvalue weighted by Crippen LogP contribution is 2.27. The van der Waals surface area contributed by atoms with Crippen LogP contribution in [0.15, 0.2) is 48.5 Å². The highest BCUT2D eigenvalue weighted by molar-refractivity contribution is 5.95. The lowest BCUT2D eigenvalue weighted by molar-refractivity contribution is -0.118. The summed E-state index contributed by atoms with van der Waals surface area (Å²) >= 11 is 0. The highest BCUT2D eigenvalue weighted by atomic mass is 16.2. The van der Waals surface area contributed by atoms with E-state index in [2.05, 4.69) is 16.7 Å². The molecular weight excluding hydrogens is 302 g/mol. The van der Waals surface area contributed by atoms with Crippen LogP contribution in [-0.2, 0) is 16.0 Å². The molecule has 0 aliphatic carbocycles. The molecule has 2 N–H and O–H groups in total. The third kappa shape index (κ3) is 3.74. The minimum Gasteiger partial charge on any atom is -0.384 e. The predicted octanol–water partition coefficient (Wildman–Crippen LogP) is 3.04. The maximum atomic E-state index is 12.4. The van der Waals surface area contributed by atoms with Crippen LogP contribution in [-0.4, -0.2) is 24.9 Å². The van der Waals surface area contributed by atoms with Crippen molar-refractivity contribution in [1.82, 2.24) is 0 Å². The first-order valence-electron chi connectivity index (χ1n) is 8.13. The van der Waals surface area contributed by atoms with Gasteiger partial charge in [-0.1, -0.05) is 24.3 Å². The molecule has 1 aliphatic heterocycles. The van der Waals surface area contributed by atoms with Crippen LogP contribution in [0.5, 0.6) is 0 Å². The number of nitrogens with zero attached hydrogens (tertiary/aromatic N) is 1. The van der Waals surface area contributed by atoms with Gasteiger partial charge in [-0.2, -0.15) is 0 Å². The molecule has 0 spiro atoms. The standard InChI is InChI=1S/C19H21N3O2/c1-14(23)21-17-7-4-6-16(13-17)20-11-9-19(24)22-12-10-15-5-2-3-8-18(15)22/h2-8,13,20H,9-12H2,1H3,(H,21,23). The summed E-state index contributed by atoms with van der Waals surface area (Å²) in [7, 11) is 0. The van der Waals surface area contributed by atoms with Crippen LogP contribution >= 0.6 is 0 Å². The average Bonchev–Trinajstić information content (AvgIpc) is 2.98. The number of fused-ring (bicyclic) bond motifs is 1. The number of hydrogen-bond acceptors (Lipinski definition) is 3. The molecule has 3 rings (SSSR count). The Hall–Kier alpha value is -2.82. The molecule has 0 aromatic heterocycles. The van der Waals surface area contributed by atoms with E-state index in [1.165, 1.54) is 12.5 Å². The molecule has 2 aromatic rings. The molecule has 24 heavy (non-hydrogen) atoms. The molecule has 0 fully saturated rings. The van der Waals surface area contributed by atoms with E-state index >= 15 is 0 Å². The molecular formula is C19H21N3O2. The molecule has 124 valence electrons. The Kier molecular flexibility index (Phi) is 4.79. The van der Waals surface area contributed by atoms with Gasteiger partial charge in [-0.25, -0.2) is 0 Å². The van der Waals surface area contributed by atoms with Crippen LogP contribution < -0.4 is 15.5 Å². The Labute approximate surface area is 141 Å². The first kappa shape index (κ1) is 16.1. The van der Waals surface area contributed by atoms with Crippen molar-refractivity contribution in [3.63, 3.8) is 0 Å². The minimum atomic E-state index is -0.102. The second kappa shape index (κ2) is 7.17. The fourth-order valence-corrected chi connectivity index (χ4v) is 2.96. The van der Waals surface area contributed by atoms with Gasteiger partial charge in [0.25, 0.3) is 0 Å². The molecule has 1 heterocycles. The van der Waals surface area contributed by atoms with Gasteiger partial charge in [-0.15, -0.1) is 0 Å². The molecule has 2 aromatic carbocycles. The maximum Gasteiger partial charge on any atom is 0.228 e. The van der Waals surface area contributed by atoms with E-state index in [1.54, 1.807) is 0 Å². The van der Waals surface area contributed by atoms with Crippen molar-refractivity contribution in [1.29, 1.82) is 0 Å². The van der Waals surface area contributed by atoms with Crippen LogP contribution in [0.1, 0.15) is 18.9 Å². The van der Waals surface area contributed by atoms with E-state index in [9.17, 15) is 9.59 Å². The number of carbonyl (C=O) groups excluding carboxylic acids is 2. The van der Waals surface area contributed by atoms with E-state index in [-0.39, 0.29) is 11.8 Å². The first-order chi connectivity index (χ1) is 11.6. The van der Waals surface area contributed by atoms with Crippen molar-refractivity contribution >= 4 is 28.9 Å². The summed E-state index contributed by atoms with van der Waals surface area (Å²) in [5.74, 6) is 0.0282. The normalized spacial score (nSPS) is 12.6. The van der Waals surface area contributed by atoms with Gasteiger partial charge in [0.15, 0.2) is 0 Å². The summed E-state index contributed by atoms with van der Waals surface area (Å²) in [5.41, 5.74) is 3.90. The Bertz CT molecular complexity index is 758. The smallest absolute Gasteiger partial charge is 0.228 e. The van der Waals surface area contributed by atoms with Crippen LogP contribution in [0, 0.1) is 0 Å². The zero-order valence-electron chi connectivity index (χ0n) is 13.7. The van der Waals surface area contributed by atoms with Crippen LogP contribution in [0.25, 0.3) is 0 Å². The number of para-hydroxylation sites is 1. The molecule has 5 heteroatoms. The van der Waals surface area contributed by atoms with Gasteiger partial charge in [-0.3, -0.25) is 9.59 Å². The van der Waals surface area contributed by atoms with Gasteiger partial charge in [0, 0.05) is 43.5 Å². The third-order valence-electron chi connectivity index (χ3n) is 4.04. The monoisotopic (exact) mass is 323 g/mol. The molecule has 1 aliphatic rings. The van der Waals surface area contributed by atoms with Crippen LogP contribution in [0.2, 0.25) is 0 Å². The summed E-state index contributed by atoms with van der Waals surface area (Å²) in [4.78, 5) is 25.4. The van der Waals surface area contributed by atoms with Crippen molar-refractivity contribution in [3.05, 3.63) is 54.1 Å². The number of rotatable bonds is 5. The molecule has 0 radical (unpaired) electrons. The second-order valence-corrected chi connectivity index (χ2v) is 5.86. The topological polar surface area (TPSA) is 61.4 Å². The van der Waals surface area contributed by atoms with E-state index in [1.807, 2.05) is 47.4 Å². The quantitative estimate of drug-likeness (QED) is 0.889. The maximum absolute atomic E-state index is 12.4. The molecule has 2 amide bonds. The third-order valence-corrected chi connectivity index (χ3v) is 4.04. The molecule has 0 saturated carbocycles. The summed E-state index contributed by atoms with van der Waals surface area (Å²) in [6, 6.07) is 15.5. The van der Waals surface area contributed by atoms with Gasteiger partial charge in [0.1, 0.15) is 0 Å². The zero-order chi connectivity index (χ0) is 16.9. The average molecular weight is 323 g/mol. The van der Waals surface area contributed by atoms with Crippen molar-refractivity contribution in [2.75, 3.05) is 28.6 Å². The number of amides is 2. The summed E-state index contributed by atoms with van der Waals surface area (Å²) in [6.07, 6.45) is 1.35. The van der Waals surface area contributed by atoms with Crippen molar-refractivity contribution in [2.45, 2.75) is 19.8 Å². The van der Waals surface area contributed by atoms with E-state index in [0.29, 0.717) is 13.0 Å². The first-order valence-corrected chi connectivity index (χ1v) is 8.13. The Morgan fingerprint density at radius 1 is 1.08 bits per heavy atom. The Morgan fingerprint density at radius 3 is 2.71 bits per heavy atom. The molecule has 0 unspecified atom stereocenters. The van der Waals surface area contributed by atoms with Crippen LogP contribution in [0.3, 0.4) is 0 Å². The van der Waals surface area contributed by atoms with Gasteiger partial charge in [0.05, 0.1) is 0 Å². The fourth-order valence-electron chi connectivity index (χ4n) is 2.96. The molecule has 0 atom stereocenters. The van der Waals surface area contributed by atoms with Crippen LogP contribution in [0.4, 0.5) is 17.1 Å². The highest BCUT2D eigenvalue weighted by Gasteiger charge is 2.23. The van der Waals surface area contributed by atoms with Gasteiger partial charge < -0.3 is 15.5 Å². The van der Waals surface area contributed by atoms with Gasteiger partial charge >= 0.3 is 0 Å². The SMILES string of the molecule is CC(=O)Nc1cccc(NCCC(=O)N2CCc3ccccc32)c1. The van der Waals surface area contributed by atoms with Crippen molar-refractivity contribution in [2.24, 2.45) is 0 Å². The number of benzene rings is 2. The lowest BCUT2D eigenvalue weighted by atomic mass is 10.2. The van der Waals surface area contributed by atoms with E-state index in [0.717, 1.165) is 30.0 Å². The summed E-state index contributed by atoms with van der Waals surface area (Å²) in [5, 5.41) is 5.98. The Morgan fingerprint density at radius 2 is 1.88 bits per heavy atom.